The van der Waals surface area contributed by atoms with Gasteiger partial charge in [-0.05, 0) is 12.1 Å². The van der Waals surface area contributed by atoms with Crippen molar-refractivity contribution in [1.82, 2.24) is 15.2 Å². The molecule has 1 fully saturated rings. The number of methoxy groups -OCH3 is 1. The lowest BCUT2D eigenvalue weighted by molar-refractivity contribution is -0.150. The number of aryl methyl sites for hydroxylation is 1. The SMILES string of the molecule is COC(=O)CC1C(=O)NCCN1C(=O)CCc1ncc(-c2c(F)cccc2F)o1. The second kappa shape index (κ2) is 8.80. The maximum Gasteiger partial charge on any atom is 0.308 e. The molecule has 1 unspecified atom stereocenters. The molecule has 1 aromatic heterocycles. The Morgan fingerprint density at radius 1 is 1.34 bits per heavy atom. The normalized spacial score (nSPS) is 16.4. The van der Waals surface area contributed by atoms with Crippen molar-refractivity contribution in [3.63, 3.8) is 0 Å². The van der Waals surface area contributed by atoms with Crippen LogP contribution in [-0.4, -0.2) is 53.9 Å². The minimum Gasteiger partial charge on any atom is -0.469 e. The zero-order valence-corrected chi connectivity index (χ0v) is 15.6. The number of carbonyl (C=O) groups is 3. The number of ether oxygens (including phenoxy) is 1. The second-order valence-electron chi connectivity index (χ2n) is 6.39. The van der Waals surface area contributed by atoms with Gasteiger partial charge in [0.1, 0.15) is 17.7 Å². The number of aromatic nitrogens is 1. The van der Waals surface area contributed by atoms with Gasteiger partial charge in [-0.25, -0.2) is 13.8 Å². The van der Waals surface area contributed by atoms with Gasteiger partial charge in [-0.2, -0.15) is 0 Å². The largest absolute Gasteiger partial charge is 0.469 e. The average Bonchev–Trinajstić information content (AvgIpc) is 3.16. The Hall–Kier alpha value is -3.30. The second-order valence-corrected chi connectivity index (χ2v) is 6.39. The number of piperazine rings is 1. The number of nitrogens with one attached hydrogen (secondary N) is 1. The molecule has 1 saturated heterocycles. The summed E-state index contributed by atoms with van der Waals surface area (Å²) >= 11 is 0. The van der Waals surface area contributed by atoms with Gasteiger partial charge in [-0.3, -0.25) is 14.4 Å². The first kappa shape index (κ1) is 20.4. The van der Waals surface area contributed by atoms with E-state index in [2.05, 4.69) is 15.0 Å². The molecule has 1 N–H and O–H groups in total. The van der Waals surface area contributed by atoms with E-state index in [4.69, 9.17) is 4.42 Å². The van der Waals surface area contributed by atoms with Gasteiger partial charge < -0.3 is 19.4 Å². The molecule has 1 aliphatic heterocycles. The molecule has 1 aromatic carbocycles. The molecule has 29 heavy (non-hydrogen) atoms. The van der Waals surface area contributed by atoms with E-state index in [1.54, 1.807) is 0 Å². The van der Waals surface area contributed by atoms with Crippen molar-refractivity contribution in [2.75, 3.05) is 20.2 Å². The van der Waals surface area contributed by atoms with Crippen LogP contribution in [0.1, 0.15) is 18.7 Å². The van der Waals surface area contributed by atoms with E-state index in [-0.39, 0.29) is 55.5 Å². The van der Waals surface area contributed by atoms with Crippen LogP contribution in [0, 0.1) is 11.6 Å². The van der Waals surface area contributed by atoms with E-state index in [9.17, 15) is 23.2 Å². The summed E-state index contributed by atoms with van der Waals surface area (Å²) in [5, 5.41) is 2.61. The lowest BCUT2D eigenvalue weighted by Gasteiger charge is -2.34. The highest BCUT2D eigenvalue weighted by Gasteiger charge is 2.34. The van der Waals surface area contributed by atoms with Gasteiger partial charge in [0.15, 0.2) is 11.7 Å². The van der Waals surface area contributed by atoms with E-state index in [0.29, 0.717) is 0 Å². The van der Waals surface area contributed by atoms with E-state index in [1.165, 1.54) is 24.3 Å². The number of halogens is 2. The molecule has 2 heterocycles. The fourth-order valence-corrected chi connectivity index (χ4v) is 3.09. The highest BCUT2D eigenvalue weighted by molar-refractivity contribution is 5.91. The number of nitrogens with zero attached hydrogens (tertiary/aromatic N) is 2. The molecule has 0 spiro atoms. The summed E-state index contributed by atoms with van der Waals surface area (Å²) in [5.41, 5.74) is -0.330. The average molecular weight is 407 g/mol. The molecular formula is C19H19F2N3O5. The highest BCUT2D eigenvalue weighted by atomic mass is 19.1. The smallest absolute Gasteiger partial charge is 0.308 e. The van der Waals surface area contributed by atoms with Crippen LogP contribution in [0.15, 0.2) is 28.8 Å². The van der Waals surface area contributed by atoms with Crippen LogP contribution in [0.5, 0.6) is 0 Å². The monoisotopic (exact) mass is 407 g/mol. The number of hydrogen-bond donors (Lipinski definition) is 1. The maximum atomic E-state index is 13.9. The van der Waals surface area contributed by atoms with Gasteiger partial charge in [0.25, 0.3) is 0 Å². The van der Waals surface area contributed by atoms with E-state index in [1.807, 2.05) is 0 Å². The van der Waals surface area contributed by atoms with Crippen molar-refractivity contribution in [3.8, 4) is 11.3 Å². The summed E-state index contributed by atoms with van der Waals surface area (Å²) in [5.74, 6) is -2.92. The van der Waals surface area contributed by atoms with Crippen LogP contribution < -0.4 is 5.32 Å². The van der Waals surface area contributed by atoms with Gasteiger partial charge in [-0.1, -0.05) is 6.07 Å². The van der Waals surface area contributed by atoms with Crippen molar-refractivity contribution in [3.05, 3.63) is 41.9 Å². The molecule has 0 aliphatic carbocycles. The summed E-state index contributed by atoms with van der Waals surface area (Å²) in [7, 11) is 1.20. The molecule has 1 aliphatic rings. The summed E-state index contributed by atoms with van der Waals surface area (Å²) in [6.07, 6.45) is 0.960. The first-order chi connectivity index (χ1) is 13.9. The van der Waals surface area contributed by atoms with Crippen LogP contribution in [0.25, 0.3) is 11.3 Å². The molecule has 8 nitrogen and oxygen atoms in total. The van der Waals surface area contributed by atoms with Gasteiger partial charge >= 0.3 is 5.97 Å². The lowest BCUT2D eigenvalue weighted by atomic mass is 10.1. The Labute approximate surface area is 164 Å². The zero-order chi connectivity index (χ0) is 21.0. The van der Waals surface area contributed by atoms with Crippen LogP contribution in [-0.2, 0) is 25.5 Å². The van der Waals surface area contributed by atoms with Crippen molar-refractivity contribution in [2.45, 2.75) is 25.3 Å². The summed E-state index contributed by atoms with van der Waals surface area (Å²) in [6, 6.07) is 2.50. The third-order valence-electron chi connectivity index (χ3n) is 4.55. The number of oxazole rings is 1. The number of esters is 1. The third kappa shape index (κ3) is 4.58. The first-order valence-electron chi connectivity index (χ1n) is 8.93. The quantitative estimate of drug-likeness (QED) is 0.728. The molecule has 2 aromatic rings. The number of rotatable bonds is 6. The van der Waals surface area contributed by atoms with Gasteiger partial charge in [-0.15, -0.1) is 0 Å². The highest BCUT2D eigenvalue weighted by Crippen LogP contribution is 2.27. The topological polar surface area (TPSA) is 102 Å². The van der Waals surface area contributed by atoms with Gasteiger partial charge in [0.2, 0.25) is 11.8 Å². The Morgan fingerprint density at radius 3 is 2.76 bits per heavy atom. The van der Waals surface area contributed by atoms with Crippen molar-refractivity contribution >= 4 is 17.8 Å². The molecule has 0 bridgehead atoms. The van der Waals surface area contributed by atoms with Crippen LogP contribution in [0.4, 0.5) is 8.78 Å². The number of amides is 2. The molecule has 0 radical (unpaired) electrons. The van der Waals surface area contributed by atoms with Crippen molar-refractivity contribution in [1.29, 1.82) is 0 Å². The van der Waals surface area contributed by atoms with E-state index < -0.39 is 29.6 Å². The third-order valence-corrected chi connectivity index (χ3v) is 4.55. The predicted molar refractivity (Wildman–Crippen MR) is 95.3 cm³/mol. The lowest BCUT2D eigenvalue weighted by Crippen LogP contribution is -2.57. The number of benzene rings is 1. The Bertz CT molecular complexity index is 910. The minimum atomic E-state index is -0.948. The fraction of sp³-hybridized carbons (Fsp3) is 0.368. The van der Waals surface area contributed by atoms with Crippen molar-refractivity contribution < 1.29 is 32.3 Å². The molecule has 2 amide bonds. The standard InChI is InChI=1S/C19H19F2N3O5/c1-28-17(26)9-13-19(27)22-7-8-24(13)16(25)6-5-15-23-10-14(29-15)18-11(20)3-2-4-12(18)21/h2-4,10,13H,5-9H2,1H3,(H,22,27). The summed E-state index contributed by atoms with van der Waals surface area (Å²) in [6.45, 7) is 0.529. The summed E-state index contributed by atoms with van der Waals surface area (Å²) < 4.78 is 37.7. The first-order valence-corrected chi connectivity index (χ1v) is 8.93. The van der Waals surface area contributed by atoms with Crippen LogP contribution in [0.3, 0.4) is 0 Å². The van der Waals surface area contributed by atoms with E-state index in [0.717, 1.165) is 12.1 Å². The Kier molecular flexibility index (Phi) is 6.20. The Morgan fingerprint density at radius 2 is 2.07 bits per heavy atom. The van der Waals surface area contributed by atoms with Crippen LogP contribution >= 0.6 is 0 Å². The Balaban J connectivity index is 1.66. The molecule has 3 rings (SSSR count). The molecule has 10 heteroatoms. The van der Waals surface area contributed by atoms with Gasteiger partial charge in [0, 0.05) is 25.9 Å². The summed E-state index contributed by atoms with van der Waals surface area (Å²) in [4.78, 5) is 41.4. The molecule has 154 valence electrons. The number of hydrogen-bond acceptors (Lipinski definition) is 6. The predicted octanol–water partition coefficient (Wildman–Crippen LogP) is 1.44. The minimum absolute atomic E-state index is 0.0509. The van der Waals surface area contributed by atoms with Gasteiger partial charge in [0.05, 0.1) is 25.3 Å². The number of carbonyl (C=O) groups excluding carboxylic acids is 3. The zero-order valence-electron chi connectivity index (χ0n) is 15.6. The molecule has 0 saturated carbocycles. The fourth-order valence-electron chi connectivity index (χ4n) is 3.09. The molecular weight excluding hydrogens is 388 g/mol. The van der Waals surface area contributed by atoms with Crippen molar-refractivity contribution in [2.24, 2.45) is 0 Å². The van der Waals surface area contributed by atoms with Crippen LogP contribution in [0.2, 0.25) is 0 Å². The van der Waals surface area contributed by atoms with E-state index >= 15 is 0 Å². The maximum absolute atomic E-state index is 13.9. The molecule has 1 atom stereocenters.